The summed E-state index contributed by atoms with van der Waals surface area (Å²) in [5, 5.41) is 11.1. The summed E-state index contributed by atoms with van der Waals surface area (Å²) in [6, 6.07) is 18.9. The summed E-state index contributed by atoms with van der Waals surface area (Å²) in [6.45, 7) is 0.527. The minimum absolute atomic E-state index is 0. The summed E-state index contributed by atoms with van der Waals surface area (Å²) < 4.78 is 6.19. The van der Waals surface area contributed by atoms with Gasteiger partial charge in [-0.05, 0) is 31.0 Å². The molecule has 1 saturated heterocycles. The van der Waals surface area contributed by atoms with Crippen molar-refractivity contribution in [3.8, 4) is 11.1 Å². The maximum absolute atomic E-state index is 11.1. The van der Waals surface area contributed by atoms with E-state index in [9.17, 15) is 5.11 Å². The van der Waals surface area contributed by atoms with Gasteiger partial charge in [0.25, 0.3) is 0 Å². The van der Waals surface area contributed by atoms with Crippen molar-refractivity contribution < 1.29 is 9.84 Å². The van der Waals surface area contributed by atoms with Gasteiger partial charge in [-0.25, -0.2) is 0 Å². The van der Waals surface area contributed by atoms with Crippen LogP contribution in [0.4, 0.5) is 0 Å². The van der Waals surface area contributed by atoms with E-state index in [1.807, 2.05) is 30.3 Å². The molecule has 3 atom stereocenters. The van der Waals surface area contributed by atoms with Crippen LogP contribution in [-0.2, 0) is 10.5 Å². The molecule has 2 aromatic rings. The number of likely N-dealkylation sites (N-methyl/N-ethyl adjacent to an activating group) is 1. The number of β-amino-alcohol motifs (C(OH)–C–C–N with tert-alkyl or cyclic N) is 1. The second kappa shape index (κ2) is 7.58. The Morgan fingerprint density at radius 2 is 1.60 bits per heavy atom. The zero-order valence-electron chi connectivity index (χ0n) is 14.6. The van der Waals surface area contributed by atoms with Crippen molar-refractivity contribution in [2.75, 3.05) is 13.6 Å². The highest BCUT2D eigenvalue weighted by atomic mass is 79.9. The number of ether oxygens (including phenoxy) is 1. The molecule has 0 amide bonds. The normalized spacial score (nSPS) is 29.5. The molecule has 2 aliphatic rings. The zero-order valence-corrected chi connectivity index (χ0v) is 16.3. The van der Waals surface area contributed by atoms with Crippen LogP contribution in [0.2, 0.25) is 0 Å². The molecule has 4 heteroatoms. The van der Waals surface area contributed by atoms with Crippen LogP contribution in [0.5, 0.6) is 0 Å². The number of hydrogen-bond acceptors (Lipinski definition) is 3. The van der Waals surface area contributed by atoms with Gasteiger partial charge in [0.1, 0.15) is 0 Å². The Labute approximate surface area is 160 Å². The lowest BCUT2D eigenvalue weighted by Gasteiger charge is -2.49. The van der Waals surface area contributed by atoms with Crippen molar-refractivity contribution in [1.29, 1.82) is 0 Å². The third-order valence-electron chi connectivity index (χ3n) is 5.49. The van der Waals surface area contributed by atoms with Crippen LogP contribution in [0.15, 0.2) is 54.6 Å². The molecule has 1 saturated carbocycles. The van der Waals surface area contributed by atoms with E-state index in [0.29, 0.717) is 12.6 Å². The Bertz CT molecular complexity index is 691. The van der Waals surface area contributed by atoms with Crippen LogP contribution < -0.4 is 0 Å². The summed E-state index contributed by atoms with van der Waals surface area (Å²) in [6.07, 6.45) is 4.80. The van der Waals surface area contributed by atoms with Crippen LogP contribution in [0.3, 0.4) is 0 Å². The van der Waals surface area contributed by atoms with Gasteiger partial charge in [0.15, 0.2) is 0 Å². The number of aliphatic hydroxyl groups is 1. The molecule has 0 spiro atoms. The van der Waals surface area contributed by atoms with Crippen molar-refractivity contribution in [2.24, 2.45) is 0 Å². The Morgan fingerprint density at radius 3 is 2.32 bits per heavy atom. The van der Waals surface area contributed by atoms with E-state index in [0.717, 1.165) is 17.5 Å². The number of benzene rings is 2. The van der Waals surface area contributed by atoms with E-state index in [4.69, 9.17) is 4.74 Å². The fourth-order valence-electron chi connectivity index (χ4n) is 4.18. The van der Waals surface area contributed by atoms with Crippen LogP contribution in [0.1, 0.15) is 31.2 Å². The van der Waals surface area contributed by atoms with Gasteiger partial charge in [0.05, 0.1) is 12.6 Å². The van der Waals surface area contributed by atoms with E-state index < -0.39 is 5.79 Å². The topological polar surface area (TPSA) is 32.7 Å². The lowest BCUT2D eigenvalue weighted by Crippen LogP contribution is -2.58. The Kier molecular flexibility index (Phi) is 5.64. The number of halogens is 1. The molecule has 1 aliphatic carbocycles. The van der Waals surface area contributed by atoms with Gasteiger partial charge in [-0.1, -0.05) is 67.4 Å². The number of fused-ring (bicyclic) bond motifs is 1. The molecule has 3 nitrogen and oxygen atoms in total. The number of nitrogens with zero attached hydrogens (tertiary/aromatic N) is 1. The second-order valence-electron chi connectivity index (χ2n) is 7.15. The van der Waals surface area contributed by atoms with Gasteiger partial charge in [-0.15, -0.1) is 17.0 Å². The lowest BCUT2D eigenvalue weighted by atomic mass is 9.88. The van der Waals surface area contributed by atoms with E-state index in [1.54, 1.807) is 0 Å². The minimum atomic E-state index is -1.21. The summed E-state index contributed by atoms with van der Waals surface area (Å²) in [5.74, 6) is -1.21. The van der Waals surface area contributed by atoms with E-state index >= 15 is 0 Å². The molecule has 3 unspecified atom stereocenters. The van der Waals surface area contributed by atoms with Gasteiger partial charge in [0, 0.05) is 11.6 Å². The number of morpholine rings is 1. The van der Waals surface area contributed by atoms with Crippen LogP contribution in [0, 0.1) is 0 Å². The predicted octanol–water partition coefficient (Wildman–Crippen LogP) is 4.35. The largest absolute Gasteiger partial charge is 0.361 e. The minimum Gasteiger partial charge on any atom is -0.361 e. The SMILES string of the molecule is Br.CN1CC(O)(c2ccc(-c3ccccc3)cc2)OC2CCCCC21. The van der Waals surface area contributed by atoms with E-state index in [2.05, 4.69) is 36.2 Å². The van der Waals surface area contributed by atoms with Crippen molar-refractivity contribution in [3.63, 3.8) is 0 Å². The van der Waals surface area contributed by atoms with E-state index in [1.165, 1.54) is 24.8 Å². The Hall–Kier alpha value is -1.20. The molecule has 0 bridgehead atoms. The van der Waals surface area contributed by atoms with Crippen LogP contribution in [0.25, 0.3) is 11.1 Å². The fraction of sp³-hybridized carbons (Fsp3) is 0.429. The third-order valence-corrected chi connectivity index (χ3v) is 5.49. The standard InChI is InChI=1S/C21H25NO2.BrH/c1-22-15-21(23,24-20-10-6-5-9-19(20)22)18-13-11-17(12-14-18)16-7-3-2-4-8-16;/h2-4,7-8,11-14,19-20,23H,5-6,9-10,15H2,1H3;1H. The molecule has 134 valence electrons. The highest BCUT2D eigenvalue weighted by Crippen LogP contribution is 2.38. The van der Waals surface area contributed by atoms with Gasteiger partial charge >= 0.3 is 0 Å². The summed E-state index contributed by atoms with van der Waals surface area (Å²) in [4.78, 5) is 2.28. The molecule has 25 heavy (non-hydrogen) atoms. The first kappa shape index (κ1) is 18.6. The van der Waals surface area contributed by atoms with Crippen molar-refractivity contribution in [3.05, 3.63) is 60.2 Å². The van der Waals surface area contributed by atoms with Crippen molar-refractivity contribution >= 4 is 17.0 Å². The molecule has 0 aromatic heterocycles. The zero-order chi connectivity index (χ0) is 16.6. The average Bonchev–Trinajstić information content (AvgIpc) is 2.62. The molecular weight excluding hydrogens is 378 g/mol. The van der Waals surface area contributed by atoms with Gasteiger partial charge in [0.2, 0.25) is 5.79 Å². The van der Waals surface area contributed by atoms with Crippen LogP contribution >= 0.6 is 17.0 Å². The smallest absolute Gasteiger partial charge is 0.205 e. The van der Waals surface area contributed by atoms with Gasteiger partial charge in [-0.3, -0.25) is 4.90 Å². The number of hydrogen-bond donors (Lipinski definition) is 1. The maximum Gasteiger partial charge on any atom is 0.205 e. The Morgan fingerprint density at radius 1 is 0.960 bits per heavy atom. The summed E-state index contributed by atoms with van der Waals surface area (Å²) in [7, 11) is 2.11. The first-order valence-corrected chi connectivity index (χ1v) is 8.92. The molecule has 2 aromatic carbocycles. The summed E-state index contributed by atoms with van der Waals surface area (Å²) >= 11 is 0. The third kappa shape index (κ3) is 3.68. The van der Waals surface area contributed by atoms with Crippen LogP contribution in [-0.4, -0.2) is 35.7 Å². The van der Waals surface area contributed by atoms with Gasteiger partial charge < -0.3 is 9.84 Å². The van der Waals surface area contributed by atoms with E-state index in [-0.39, 0.29) is 23.1 Å². The number of rotatable bonds is 2. The summed E-state index contributed by atoms with van der Waals surface area (Å²) in [5.41, 5.74) is 3.19. The average molecular weight is 404 g/mol. The van der Waals surface area contributed by atoms with Crippen molar-refractivity contribution in [1.82, 2.24) is 4.90 Å². The molecule has 0 radical (unpaired) electrons. The highest BCUT2D eigenvalue weighted by Gasteiger charge is 2.45. The van der Waals surface area contributed by atoms with Crippen molar-refractivity contribution in [2.45, 2.75) is 43.6 Å². The quantitative estimate of drug-likeness (QED) is 0.808. The first-order chi connectivity index (χ1) is 11.7. The predicted molar refractivity (Wildman–Crippen MR) is 106 cm³/mol. The molecule has 2 fully saturated rings. The lowest BCUT2D eigenvalue weighted by molar-refractivity contribution is -0.293. The maximum atomic E-state index is 11.1. The Balaban J connectivity index is 0.00000182. The monoisotopic (exact) mass is 403 g/mol. The molecule has 1 aliphatic heterocycles. The second-order valence-corrected chi connectivity index (χ2v) is 7.15. The fourth-order valence-corrected chi connectivity index (χ4v) is 4.18. The molecular formula is C21H26BrNO2. The molecule has 1 N–H and O–H groups in total. The van der Waals surface area contributed by atoms with Gasteiger partial charge in [-0.2, -0.15) is 0 Å². The molecule has 4 rings (SSSR count). The first-order valence-electron chi connectivity index (χ1n) is 8.92. The highest BCUT2D eigenvalue weighted by molar-refractivity contribution is 8.93. The molecule has 1 heterocycles.